The lowest BCUT2D eigenvalue weighted by atomic mass is 9.98. The summed E-state index contributed by atoms with van der Waals surface area (Å²) in [6, 6.07) is 6.47. The molecule has 1 saturated heterocycles. The Morgan fingerprint density at radius 3 is 2.32 bits per heavy atom. The van der Waals surface area contributed by atoms with Crippen LogP contribution in [0.2, 0.25) is 10.0 Å². The number of benzene rings is 1. The van der Waals surface area contributed by atoms with Gasteiger partial charge in [0.2, 0.25) is 0 Å². The fourth-order valence-electron chi connectivity index (χ4n) is 2.93. The third-order valence-electron chi connectivity index (χ3n) is 4.12. The van der Waals surface area contributed by atoms with Crippen LogP contribution < -0.4 is 5.32 Å². The van der Waals surface area contributed by atoms with E-state index in [0.717, 1.165) is 42.1 Å². The molecule has 0 unspecified atom stereocenters. The van der Waals surface area contributed by atoms with Gasteiger partial charge in [-0.2, -0.15) is 0 Å². The van der Waals surface area contributed by atoms with E-state index in [2.05, 4.69) is 22.3 Å². The van der Waals surface area contributed by atoms with Crippen LogP contribution in [0.3, 0.4) is 0 Å². The molecule has 0 bridgehead atoms. The third-order valence-corrected chi connectivity index (χ3v) is 4.55. The van der Waals surface area contributed by atoms with Crippen molar-refractivity contribution in [3.05, 3.63) is 33.8 Å². The Hall–Kier alpha value is -0.280. The molecule has 19 heavy (non-hydrogen) atoms. The van der Waals surface area contributed by atoms with Crippen molar-refractivity contribution >= 4 is 23.2 Å². The summed E-state index contributed by atoms with van der Waals surface area (Å²) < 4.78 is 0. The minimum absolute atomic E-state index is 0.478. The van der Waals surface area contributed by atoms with Crippen LogP contribution in [0.25, 0.3) is 0 Å². The van der Waals surface area contributed by atoms with Gasteiger partial charge in [-0.25, -0.2) is 0 Å². The molecule has 1 aromatic rings. The molecule has 0 radical (unpaired) electrons. The molecule has 1 aromatic carbocycles. The zero-order valence-electron chi connectivity index (χ0n) is 11.0. The van der Waals surface area contributed by atoms with E-state index in [1.807, 2.05) is 6.07 Å². The molecule has 1 aliphatic carbocycles. The van der Waals surface area contributed by atoms with Crippen molar-refractivity contribution in [2.45, 2.75) is 25.3 Å². The van der Waals surface area contributed by atoms with E-state index in [4.69, 9.17) is 23.2 Å². The van der Waals surface area contributed by atoms with Crippen LogP contribution in [0.4, 0.5) is 0 Å². The van der Waals surface area contributed by atoms with Gasteiger partial charge in [-0.15, -0.1) is 0 Å². The van der Waals surface area contributed by atoms with Crippen molar-refractivity contribution in [1.29, 1.82) is 0 Å². The Bertz CT molecular complexity index is 420. The highest BCUT2D eigenvalue weighted by Crippen LogP contribution is 2.41. The predicted molar refractivity (Wildman–Crippen MR) is 81.0 cm³/mol. The van der Waals surface area contributed by atoms with Gasteiger partial charge in [0, 0.05) is 42.3 Å². The van der Waals surface area contributed by atoms with Gasteiger partial charge in [0.05, 0.1) is 0 Å². The highest BCUT2D eigenvalue weighted by Gasteiger charge is 2.30. The molecule has 2 nitrogen and oxygen atoms in total. The second-order valence-corrected chi connectivity index (χ2v) is 6.56. The minimum atomic E-state index is 0.478. The van der Waals surface area contributed by atoms with E-state index in [-0.39, 0.29) is 0 Å². The summed E-state index contributed by atoms with van der Waals surface area (Å²) in [5, 5.41) is 4.92. The van der Waals surface area contributed by atoms with E-state index in [1.54, 1.807) is 0 Å². The van der Waals surface area contributed by atoms with Gasteiger partial charge in [0.1, 0.15) is 0 Å². The fourth-order valence-corrected chi connectivity index (χ4v) is 3.47. The summed E-state index contributed by atoms with van der Waals surface area (Å²) in [6.45, 7) is 4.38. The van der Waals surface area contributed by atoms with E-state index < -0.39 is 0 Å². The van der Waals surface area contributed by atoms with Crippen molar-refractivity contribution < 1.29 is 0 Å². The zero-order chi connectivity index (χ0) is 13.2. The first-order chi connectivity index (χ1) is 9.22. The summed E-state index contributed by atoms with van der Waals surface area (Å²) in [6.07, 6.45) is 4.02. The maximum Gasteiger partial charge on any atom is 0.0424 e. The normalized spacial score (nSPS) is 22.4. The van der Waals surface area contributed by atoms with E-state index in [0.29, 0.717) is 6.04 Å². The molecule has 2 aliphatic rings. The van der Waals surface area contributed by atoms with Crippen LogP contribution in [0.1, 0.15) is 30.9 Å². The summed E-state index contributed by atoms with van der Waals surface area (Å²) in [5.74, 6) is 0.901. The molecule has 3 rings (SSSR count). The number of nitrogens with one attached hydrogen (secondary N) is 1. The molecule has 2 fully saturated rings. The molecule has 1 N–H and O–H groups in total. The van der Waals surface area contributed by atoms with Gasteiger partial charge in [-0.1, -0.05) is 36.0 Å². The Morgan fingerprint density at radius 2 is 1.74 bits per heavy atom. The monoisotopic (exact) mass is 298 g/mol. The first-order valence-electron chi connectivity index (χ1n) is 7.13. The zero-order valence-corrected chi connectivity index (χ0v) is 12.6. The summed E-state index contributed by atoms with van der Waals surface area (Å²) in [5.41, 5.74) is 1.28. The summed E-state index contributed by atoms with van der Waals surface area (Å²) in [7, 11) is 0. The molecule has 0 amide bonds. The lowest BCUT2D eigenvalue weighted by Gasteiger charge is -2.35. The first kappa shape index (κ1) is 13.7. The Kier molecular flexibility index (Phi) is 4.33. The Balaban J connectivity index is 1.83. The van der Waals surface area contributed by atoms with Crippen LogP contribution in [-0.4, -0.2) is 31.1 Å². The topological polar surface area (TPSA) is 15.3 Å². The number of rotatable bonds is 4. The quantitative estimate of drug-likeness (QED) is 0.911. The van der Waals surface area contributed by atoms with Crippen LogP contribution >= 0.6 is 23.2 Å². The first-order valence-corrected chi connectivity index (χ1v) is 7.89. The molecular weight excluding hydrogens is 279 g/mol. The number of hydrogen-bond acceptors (Lipinski definition) is 2. The smallest absolute Gasteiger partial charge is 0.0424 e. The second-order valence-electron chi connectivity index (χ2n) is 5.68. The molecule has 1 saturated carbocycles. The standard InChI is InChI=1S/C15H20Cl2N2/c16-13-8-12(9-14(17)10-13)15(7-11-1-2-11)19-5-3-18-4-6-19/h8-11,15,18H,1-7H2/t15-/m1/s1. The molecule has 1 aliphatic heterocycles. The predicted octanol–water partition coefficient (Wildman–Crippen LogP) is 3.74. The average Bonchev–Trinajstić information content (AvgIpc) is 3.20. The SMILES string of the molecule is Clc1cc(Cl)cc([C@@H](CC2CC2)N2CCNCC2)c1. The summed E-state index contributed by atoms with van der Waals surface area (Å²) >= 11 is 12.3. The van der Waals surface area contributed by atoms with Crippen LogP contribution in [0.15, 0.2) is 18.2 Å². The Morgan fingerprint density at radius 1 is 1.11 bits per heavy atom. The maximum atomic E-state index is 6.17. The van der Waals surface area contributed by atoms with E-state index in [1.165, 1.54) is 24.8 Å². The number of piperazine rings is 1. The number of hydrogen-bond donors (Lipinski definition) is 1. The molecule has 4 heteroatoms. The highest BCUT2D eigenvalue weighted by atomic mass is 35.5. The molecule has 0 spiro atoms. The van der Waals surface area contributed by atoms with Gasteiger partial charge in [0.15, 0.2) is 0 Å². The van der Waals surface area contributed by atoms with Gasteiger partial charge in [0.25, 0.3) is 0 Å². The van der Waals surface area contributed by atoms with Gasteiger partial charge >= 0.3 is 0 Å². The second kappa shape index (κ2) is 6.01. The minimum Gasteiger partial charge on any atom is -0.314 e. The maximum absolute atomic E-state index is 6.17. The highest BCUT2D eigenvalue weighted by molar-refractivity contribution is 6.34. The van der Waals surface area contributed by atoms with Crippen molar-refractivity contribution in [3.63, 3.8) is 0 Å². The van der Waals surface area contributed by atoms with Gasteiger partial charge in [-0.05, 0) is 36.1 Å². The largest absolute Gasteiger partial charge is 0.314 e. The Labute approximate surface area is 125 Å². The lowest BCUT2D eigenvalue weighted by Crippen LogP contribution is -2.45. The van der Waals surface area contributed by atoms with E-state index in [9.17, 15) is 0 Å². The van der Waals surface area contributed by atoms with Crippen LogP contribution in [0, 0.1) is 5.92 Å². The third kappa shape index (κ3) is 3.63. The van der Waals surface area contributed by atoms with Gasteiger partial charge < -0.3 is 5.32 Å². The van der Waals surface area contributed by atoms with Crippen molar-refractivity contribution in [1.82, 2.24) is 10.2 Å². The molecular formula is C15H20Cl2N2. The number of halogens is 2. The van der Waals surface area contributed by atoms with Crippen LogP contribution in [0.5, 0.6) is 0 Å². The fraction of sp³-hybridized carbons (Fsp3) is 0.600. The molecule has 104 valence electrons. The van der Waals surface area contributed by atoms with Crippen molar-refractivity contribution in [3.8, 4) is 0 Å². The number of nitrogens with zero attached hydrogens (tertiary/aromatic N) is 1. The summed E-state index contributed by atoms with van der Waals surface area (Å²) in [4.78, 5) is 2.58. The molecule has 1 atom stereocenters. The molecule has 1 heterocycles. The molecule has 0 aromatic heterocycles. The lowest BCUT2D eigenvalue weighted by molar-refractivity contribution is 0.160. The van der Waals surface area contributed by atoms with E-state index >= 15 is 0 Å². The van der Waals surface area contributed by atoms with Crippen LogP contribution in [-0.2, 0) is 0 Å². The van der Waals surface area contributed by atoms with Gasteiger partial charge in [-0.3, -0.25) is 4.90 Å². The van der Waals surface area contributed by atoms with Crippen molar-refractivity contribution in [2.24, 2.45) is 5.92 Å². The average molecular weight is 299 g/mol. The van der Waals surface area contributed by atoms with Crippen molar-refractivity contribution in [2.75, 3.05) is 26.2 Å².